The standard InChI is InChI=1S/C19H26BrFN2O3/c1-19(2,3)26-18(25)23-17(24)14(12-4-6-13(20)7-5-12)8-9-16-15(21)10-11-22-16/h4-7,14-16,22H,8-11H2,1-3H3,(H,23,24,25)/t14?,15-,16-/m0/s1. The van der Waals surface area contributed by atoms with Crippen LogP contribution in [0.25, 0.3) is 0 Å². The zero-order valence-corrected chi connectivity index (χ0v) is 16.9. The summed E-state index contributed by atoms with van der Waals surface area (Å²) in [5, 5.41) is 5.44. The maximum Gasteiger partial charge on any atom is 0.414 e. The van der Waals surface area contributed by atoms with Gasteiger partial charge in [0.1, 0.15) is 11.8 Å². The third-order valence-corrected chi connectivity index (χ3v) is 4.77. The normalized spacial score (nSPS) is 21.3. The predicted molar refractivity (Wildman–Crippen MR) is 102 cm³/mol. The molecule has 5 nitrogen and oxygen atoms in total. The van der Waals surface area contributed by atoms with E-state index < -0.39 is 29.7 Å². The number of rotatable bonds is 5. The summed E-state index contributed by atoms with van der Waals surface area (Å²) in [7, 11) is 0. The van der Waals surface area contributed by atoms with E-state index in [-0.39, 0.29) is 6.04 Å². The highest BCUT2D eigenvalue weighted by molar-refractivity contribution is 9.10. The van der Waals surface area contributed by atoms with E-state index in [1.807, 2.05) is 24.3 Å². The molecular formula is C19H26BrFN2O3. The first-order valence-corrected chi connectivity index (χ1v) is 9.62. The molecule has 0 bridgehead atoms. The first kappa shape index (κ1) is 20.8. The molecule has 3 atom stereocenters. The minimum absolute atomic E-state index is 0.248. The molecule has 2 amide bonds. The van der Waals surface area contributed by atoms with E-state index in [1.165, 1.54) is 0 Å². The molecule has 0 saturated carbocycles. The van der Waals surface area contributed by atoms with Crippen LogP contribution in [0.2, 0.25) is 0 Å². The van der Waals surface area contributed by atoms with Crippen LogP contribution in [-0.4, -0.2) is 36.4 Å². The summed E-state index contributed by atoms with van der Waals surface area (Å²) < 4.78 is 19.9. The molecule has 0 spiro atoms. The van der Waals surface area contributed by atoms with Crippen molar-refractivity contribution in [3.63, 3.8) is 0 Å². The summed E-state index contributed by atoms with van der Waals surface area (Å²) in [6.07, 6.45) is -0.211. The molecule has 1 fully saturated rings. The number of nitrogens with one attached hydrogen (secondary N) is 2. The maximum absolute atomic E-state index is 13.8. The Kier molecular flexibility index (Phi) is 7.17. The van der Waals surface area contributed by atoms with Gasteiger partial charge in [0.05, 0.1) is 5.92 Å². The highest BCUT2D eigenvalue weighted by atomic mass is 79.9. The number of alkyl halides is 1. The number of hydrogen-bond acceptors (Lipinski definition) is 4. The molecule has 0 aromatic heterocycles. The Morgan fingerprint density at radius 1 is 1.35 bits per heavy atom. The molecule has 26 heavy (non-hydrogen) atoms. The van der Waals surface area contributed by atoms with E-state index in [1.54, 1.807) is 20.8 Å². The Balaban J connectivity index is 2.07. The Hall–Kier alpha value is -1.47. The number of imide groups is 1. The average molecular weight is 429 g/mol. The second kappa shape index (κ2) is 8.95. The number of carbonyl (C=O) groups is 2. The van der Waals surface area contributed by atoms with E-state index in [0.29, 0.717) is 25.8 Å². The van der Waals surface area contributed by atoms with Gasteiger partial charge in [-0.05, 0) is 64.3 Å². The van der Waals surface area contributed by atoms with Gasteiger partial charge in [0.25, 0.3) is 0 Å². The molecule has 1 unspecified atom stereocenters. The fourth-order valence-electron chi connectivity index (χ4n) is 3.00. The molecule has 0 aliphatic carbocycles. The van der Waals surface area contributed by atoms with Crippen LogP contribution in [0.3, 0.4) is 0 Å². The van der Waals surface area contributed by atoms with E-state index in [4.69, 9.17) is 4.74 Å². The van der Waals surface area contributed by atoms with Gasteiger partial charge < -0.3 is 10.1 Å². The zero-order valence-electron chi connectivity index (χ0n) is 15.4. The summed E-state index contributed by atoms with van der Waals surface area (Å²) in [6, 6.07) is 7.10. The molecule has 1 aromatic carbocycles. The molecule has 144 valence electrons. The minimum atomic E-state index is -0.894. The van der Waals surface area contributed by atoms with Crippen LogP contribution in [0, 0.1) is 0 Å². The van der Waals surface area contributed by atoms with E-state index in [9.17, 15) is 14.0 Å². The van der Waals surface area contributed by atoms with Crippen molar-refractivity contribution in [2.24, 2.45) is 0 Å². The molecule has 2 N–H and O–H groups in total. The third kappa shape index (κ3) is 6.36. The molecule has 1 aromatic rings. The first-order chi connectivity index (χ1) is 12.2. The Labute approximate surface area is 162 Å². The molecular weight excluding hydrogens is 403 g/mol. The molecule has 1 saturated heterocycles. The topological polar surface area (TPSA) is 67.4 Å². The second-order valence-electron chi connectivity index (χ2n) is 7.54. The Morgan fingerprint density at radius 2 is 2.00 bits per heavy atom. The lowest BCUT2D eigenvalue weighted by Gasteiger charge is -2.22. The van der Waals surface area contributed by atoms with Crippen molar-refractivity contribution in [2.75, 3.05) is 6.54 Å². The van der Waals surface area contributed by atoms with E-state index in [2.05, 4.69) is 26.6 Å². The second-order valence-corrected chi connectivity index (χ2v) is 8.45. The van der Waals surface area contributed by atoms with Gasteiger partial charge in [-0.1, -0.05) is 28.1 Å². The lowest BCUT2D eigenvalue weighted by atomic mass is 9.91. The highest BCUT2D eigenvalue weighted by Crippen LogP contribution is 2.27. The van der Waals surface area contributed by atoms with Crippen molar-refractivity contribution in [2.45, 2.75) is 63.8 Å². The van der Waals surface area contributed by atoms with Crippen LogP contribution in [0.15, 0.2) is 28.7 Å². The molecule has 7 heteroatoms. The monoisotopic (exact) mass is 428 g/mol. The number of hydrogen-bond donors (Lipinski definition) is 2. The number of alkyl carbamates (subject to hydrolysis) is 1. The van der Waals surface area contributed by atoms with Crippen LogP contribution < -0.4 is 10.6 Å². The van der Waals surface area contributed by atoms with Crippen molar-refractivity contribution in [3.8, 4) is 0 Å². The van der Waals surface area contributed by atoms with Gasteiger partial charge >= 0.3 is 6.09 Å². The molecule has 1 aliphatic rings. The van der Waals surface area contributed by atoms with Crippen molar-refractivity contribution in [3.05, 3.63) is 34.3 Å². The summed E-state index contributed by atoms with van der Waals surface area (Å²) in [5.41, 5.74) is 0.0924. The largest absolute Gasteiger partial charge is 0.444 e. The number of amides is 2. The Bertz CT molecular complexity index is 631. The van der Waals surface area contributed by atoms with Crippen LogP contribution in [-0.2, 0) is 9.53 Å². The van der Waals surface area contributed by atoms with Crippen molar-refractivity contribution in [1.29, 1.82) is 0 Å². The minimum Gasteiger partial charge on any atom is -0.444 e. The number of carbonyl (C=O) groups excluding carboxylic acids is 2. The van der Waals surface area contributed by atoms with Gasteiger partial charge in [-0.25, -0.2) is 9.18 Å². The van der Waals surface area contributed by atoms with Crippen LogP contribution in [0.5, 0.6) is 0 Å². The predicted octanol–water partition coefficient (Wildman–Crippen LogP) is 4.06. The maximum atomic E-state index is 13.8. The van der Waals surface area contributed by atoms with Crippen molar-refractivity contribution >= 4 is 27.9 Å². The summed E-state index contributed by atoms with van der Waals surface area (Å²) in [4.78, 5) is 24.6. The quantitative estimate of drug-likeness (QED) is 0.741. The van der Waals surface area contributed by atoms with Gasteiger partial charge in [-0.3, -0.25) is 10.1 Å². The highest BCUT2D eigenvalue weighted by Gasteiger charge is 2.30. The Morgan fingerprint density at radius 3 is 2.54 bits per heavy atom. The lowest BCUT2D eigenvalue weighted by Crippen LogP contribution is -2.39. The van der Waals surface area contributed by atoms with Gasteiger partial charge in [0.15, 0.2) is 0 Å². The smallest absolute Gasteiger partial charge is 0.414 e. The number of halogens is 2. The zero-order chi connectivity index (χ0) is 19.3. The van der Waals surface area contributed by atoms with Crippen molar-refractivity contribution < 1.29 is 18.7 Å². The van der Waals surface area contributed by atoms with Gasteiger partial charge in [-0.2, -0.15) is 0 Å². The van der Waals surface area contributed by atoms with Gasteiger partial charge in [0.2, 0.25) is 5.91 Å². The fraction of sp³-hybridized carbons (Fsp3) is 0.579. The summed E-state index contributed by atoms with van der Waals surface area (Å²) in [5.74, 6) is -0.986. The van der Waals surface area contributed by atoms with Gasteiger partial charge in [-0.15, -0.1) is 0 Å². The van der Waals surface area contributed by atoms with Gasteiger partial charge in [0, 0.05) is 10.5 Å². The summed E-state index contributed by atoms with van der Waals surface area (Å²) >= 11 is 3.37. The molecule has 1 heterocycles. The molecule has 0 radical (unpaired) electrons. The first-order valence-electron chi connectivity index (χ1n) is 8.82. The van der Waals surface area contributed by atoms with Crippen LogP contribution >= 0.6 is 15.9 Å². The third-order valence-electron chi connectivity index (χ3n) is 4.24. The van der Waals surface area contributed by atoms with E-state index in [0.717, 1.165) is 10.0 Å². The molecule has 1 aliphatic heterocycles. The van der Waals surface area contributed by atoms with Crippen LogP contribution in [0.1, 0.15) is 51.5 Å². The summed E-state index contributed by atoms with van der Waals surface area (Å²) in [6.45, 7) is 5.85. The van der Waals surface area contributed by atoms with Crippen LogP contribution in [0.4, 0.5) is 9.18 Å². The SMILES string of the molecule is CC(C)(C)OC(=O)NC(=O)C(CC[C@@H]1NCC[C@@H]1F)c1ccc(Br)cc1. The number of benzene rings is 1. The van der Waals surface area contributed by atoms with Crippen molar-refractivity contribution in [1.82, 2.24) is 10.6 Å². The molecule has 2 rings (SSSR count). The fourth-order valence-corrected chi connectivity index (χ4v) is 3.26. The average Bonchev–Trinajstić information content (AvgIpc) is 2.92. The van der Waals surface area contributed by atoms with E-state index >= 15 is 0 Å². The number of ether oxygens (including phenoxy) is 1. The lowest BCUT2D eigenvalue weighted by molar-refractivity contribution is -0.122.